The highest BCUT2D eigenvalue weighted by Crippen LogP contribution is 2.18. The van der Waals surface area contributed by atoms with Gasteiger partial charge in [-0.15, -0.1) is 0 Å². The Morgan fingerprint density at radius 1 is 1.00 bits per heavy atom. The molecule has 0 N–H and O–H groups in total. The van der Waals surface area contributed by atoms with Gasteiger partial charge in [0.05, 0.1) is 13.2 Å². The first-order chi connectivity index (χ1) is 14.6. The zero-order valence-electron chi connectivity index (χ0n) is 18.3. The number of nitrogens with zero attached hydrogens (tertiary/aromatic N) is 2. The van der Waals surface area contributed by atoms with E-state index in [2.05, 4.69) is 61.9 Å². The smallest absolute Gasteiger partial charge is 0.254 e. The molecule has 30 heavy (non-hydrogen) atoms. The highest BCUT2D eigenvalue weighted by atomic mass is 16.5. The van der Waals surface area contributed by atoms with Crippen molar-refractivity contribution in [2.24, 2.45) is 0 Å². The van der Waals surface area contributed by atoms with Crippen LogP contribution in [-0.4, -0.2) is 28.0 Å². The quantitative estimate of drug-likeness (QED) is 0.402. The zero-order chi connectivity index (χ0) is 21.3. The standard InChI is InChI=1S/C26H32N2O2/c1-4-5-18-30-25-15-13-23(14-16-25)26(29)28(21(2)3)20-24-12-9-17-27(24)19-22-10-7-6-8-11-22/h6-17,21H,4-5,18-20H2,1-3H3. The fourth-order valence-corrected chi connectivity index (χ4v) is 3.38. The van der Waals surface area contributed by atoms with Gasteiger partial charge < -0.3 is 14.2 Å². The second-order valence-corrected chi connectivity index (χ2v) is 7.87. The minimum Gasteiger partial charge on any atom is -0.494 e. The molecule has 0 fully saturated rings. The van der Waals surface area contributed by atoms with Gasteiger partial charge in [0.15, 0.2) is 0 Å². The van der Waals surface area contributed by atoms with Crippen LogP contribution in [0.25, 0.3) is 0 Å². The lowest BCUT2D eigenvalue weighted by Crippen LogP contribution is -2.37. The third-order valence-corrected chi connectivity index (χ3v) is 5.20. The summed E-state index contributed by atoms with van der Waals surface area (Å²) in [6.07, 6.45) is 4.21. The van der Waals surface area contributed by atoms with Crippen molar-refractivity contribution in [2.45, 2.75) is 52.7 Å². The molecule has 0 aliphatic rings. The van der Waals surface area contributed by atoms with E-state index in [1.165, 1.54) is 5.56 Å². The highest BCUT2D eigenvalue weighted by Gasteiger charge is 2.20. The van der Waals surface area contributed by atoms with Gasteiger partial charge in [0.25, 0.3) is 5.91 Å². The van der Waals surface area contributed by atoms with Crippen LogP contribution in [0.15, 0.2) is 72.9 Å². The zero-order valence-corrected chi connectivity index (χ0v) is 18.3. The number of carbonyl (C=O) groups is 1. The van der Waals surface area contributed by atoms with E-state index in [1.54, 1.807) is 0 Å². The molecule has 0 saturated heterocycles. The van der Waals surface area contributed by atoms with Crippen LogP contribution in [0.3, 0.4) is 0 Å². The Labute approximate surface area is 180 Å². The minimum atomic E-state index is 0.0394. The normalized spacial score (nSPS) is 10.9. The Bertz CT molecular complexity index is 914. The molecule has 0 bridgehead atoms. The first kappa shape index (κ1) is 21.7. The Hall–Kier alpha value is -3.01. The van der Waals surface area contributed by atoms with Crippen molar-refractivity contribution in [2.75, 3.05) is 6.61 Å². The molecule has 0 atom stereocenters. The highest BCUT2D eigenvalue weighted by molar-refractivity contribution is 5.94. The van der Waals surface area contributed by atoms with Gasteiger partial charge in [0, 0.05) is 30.0 Å². The summed E-state index contributed by atoms with van der Waals surface area (Å²) in [4.78, 5) is 15.2. The van der Waals surface area contributed by atoms with Crippen LogP contribution in [0.5, 0.6) is 5.75 Å². The summed E-state index contributed by atoms with van der Waals surface area (Å²) < 4.78 is 7.93. The molecule has 1 aromatic heterocycles. The maximum absolute atomic E-state index is 13.2. The van der Waals surface area contributed by atoms with Gasteiger partial charge in [0.2, 0.25) is 0 Å². The average molecular weight is 405 g/mol. The molecule has 0 aliphatic heterocycles. The van der Waals surface area contributed by atoms with Crippen molar-refractivity contribution < 1.29 is 9.53 Å². The minimum absolute atomic E-state index is 0.0394. The molecule has 158 valence electrons. The second kappa shape index (κ2) is 10.7. The number of carbonyl (C=O) groups excluding carboxylic acids is 1. The van der Waals surface area contributed by atoms with E-state index < -0.39 is 0 Å². The summed E-state index contributed by atoms with van der Waals surface area (Å²) in [7, 11) is 0. The molecule has 2 aromatic carbocycles. The molecule has 1 heterocycles. The summed E-state index contributed by atoms with van der Waals surface area (Å²) >= 11 is 0. The van der Waals surface area contributed by atoms with Crippen molar-refractivity contribution in [3.05, 3.63) is 89.7 Å². The molecule has 4 nitrogen and oxygen atoms in total. The first-order valence-electron chi connectivity index (χ1n) is 10.8. The fraction of sp³-hybridized carbons (Fsp3) is 0.346. The number of ether oxygens (including phenoxy) is 1. The number of hydrogen-bond donors (Lipinski definition) is 0. The largest absolute Gasteiger partial charge is 0.494 e. The molecule has 3 aromatic rings. The molecule has 0 saturated carbocycles. The maximum Gasteiger partial charge on any atom is 0.254 e. The van der Waals surface area contributed by atoms with Crippen LogP contribution in [0.4, 0.5) is 0 Å². The third kappa shape index (κ3) is 5.76. The predicted octanol–water partition coefficient (Wildman–Crippen LogP) is 5.77. The fourth-order valence-electron chi connectivity index (χ4n) is 3.38. The average Bonchev–Trinajstić information content (AvgIpc) is 3.19. The third-order valence-electron chi connectivity index (χ3n) is 5.20. The number of rotatable bonds is 10. The van der Waals surface area contributed by atoms with Gasteiger partial charge in [-0.2, -0.15) is 0 Å². The maximum atomic E-state index is 13.2. The van der Waals surface area contributed by atoms with Crippen LogP contribution < -0.4 is 4.74 Å². The van der Waals surface area contributed by atoms with Gasteiger partial charge in [-0.1, -0.05) is 43.7 Å². The Balaban J connectivity index is 1.71. The van der Waals surface area contributed by atoms with E-state index in [9.17, 15) is 4.79 Å². The van der Waals surface area contributed by atoms with Crippen molar-refractivity contribution in [3.63, 3.8) is 0 Å². The molecule has 1 amide bonds. The van der Waals surface area contributed by atoms with Gasteiger partial charge >= 0.3 is 0 Å². The van der Waals surface area contributed by atoms with Crippen LogP contribution >= 0.6 is 0 Å². The number of unbranched alkanes of at least 4 members (excludes halogenated alkanes) is 1. The Morgan fingerprint density at radius 2 is 1.73 bits per heavy atom. The molecule has 0 spiro atoms. The summed E-state index contributed by atoms with van der Waals surface area (Å²) in [5.74, 6) is 0.852. The molecule has 4 heteroatoms. The van der Waals surface area contributed by atoms with E-state index >= 15 is 0 Å². The second-order valence-electron chi connectivity index (χ2n) is 7.87. The Kier molecular flexibility index (Phi) is 7.72. The summed E-state index contributed by atoms with van der Waals surface area (Å²) in [6.45, 7) is 8.34. The lowest BCUT2D eigenvalue weighted by molar-refractivity contribution is 0.0686. The summed E-state index contributed by atoms with van der Waals surface area (Å²) in [5.41, 5.74) is 3.06. The van der Waals surface area contributed by atoms with E-state index in [4.69, 9.17) is 4.74 Å². The SMILES string of the molecule is CCCCOc1ccc(C(=O)N(Cc2cccn2Cc2ccccc2)C(C)C)cc1. The molecule has 0 unspecified atom stereocenters. The van der Waals surface area contributed by atoms with Crippen LogP contribution in [-0.2, 0) is 13.1 Å². The molecule has 0 aliphatic carbocycles. The van der Waals surface area contributed by atoms with Crippen LogP contribution in [0, 0.1) is 0 Å². The van der Waals surface area contributed by atoms with Crippen molar-refractivity contribution in [1.29, 1.82) is 0 Å². The van der Waals surface area contributed by atoms with E-state index in [0.717, 1.165) is 30.8 Å². The summed E-state index contributed by atoms with van der Waals surface area (Å²) in [5, 5.41) is 0. The predicted molar refractivity (Wildman–Crippen MR) is 122 cm³/mol. The van der Waals surface area contributed by atoms with E-state index in [0.29, 0.717) is 18.7 Å². The van der Waals surface area contributed by atoms with Gasteiger partial charge in [0.1, 0.15) is 5.75 Å². The number of benzene rings is 2. The number of amides is 1. The Morgan fingerprint density at radius 3 is 2.40 bits per heavy atom. The van der Waals surface area contributed by atoms with E-state index in [-0.39, 0.29) is 11.9 Å². The lowest BCUT2D eigenvalue weighted by atomic mass is 10.1. The van der Waals surface area contributed by atoms with E-state index in [1.807, 2.05) is 41.3 Å². The van der Waals surface area contributed by atoms with Gasteiger partial charge in [-0.05, 0) is 62.2 Å². The van der Waals surface area contributed by atoms with Crippen LogP contribution in [0.2, 0.25) is 0 Å². The molecular formula is C26H32N2O2. The first-order valence-corrected chi connectivity index (χ1v) is 10.8. The molecular weight excluding hydrogens is 372 g/mol. The number of hydrogen-bond acceptors (Lipinski definition) is 2. The lowest BCUT2D eigenvalue weighted by Gasteiger charge is -2.27. The van der Waals surface area contributed by atoms with Crippen LogP contribution in [0.1, 0.15) is 55.2 Å². The monoisotopic (exact) mass is 404 g/mol. The van der Waals surface area contributed by atoms with Gasteiger partial charge in [-0.3, -0.25) is 4.79 Å². The molecule has 3 rings (SSSR count). The molecule has 0 radical (unpaired) electrons. The summed E-state index contributed by atoms with van der Waals surface area (Å²) in [6, 6.07) is 22.1. The van der Waals surface area contributed by atoms with Crippen molar-refractivity contribution >= 4 is 5.91 Å². The topological polar surface area (TPSA) is 34.5 Å². The van der Waals surface area contributed by atoms with Crippen molar-refractivity contribution in [3.8, 4) is 5.75 Å². The number of aromatic nitrogens is 1. The van der Waals surface area contributed by atoms with Crippen molar-refractivity contribution in [1.82, 2.24) is 9.47 Å². The van der Waals surface area contributed by atoms with Gasteiger partial charge in [-0.25, -0.2) is 0 Å².